The van der Waals surface area contributed by atoms with E-state index < -0.39 is 6.10 Å². The van der Waals surface area contributed by atoms with Gasteiger partial charge in [-0.05, 0) is 24.4 Å². The van der Waals surface area contributed by atoms with Crippen molar-refractivity contribution in [1.29, 1.82) is 0 Å². The Morgan fingerprint density at radius 3 is 3.12 bits per heavy atom. The van der Waals surface area contributed by atoms with Gasteiger partial charge in [-0.25, -0.2) is 0 Å². The van der Waals surface area contributed by atoms with Crippen molar-refractivity contribution in [2.45, 2.75) is 25.9 Å². The Morgan fingerprint density at radius 1 is 1.56 bits per heavy atom. The van der Waals surface area contributed by atoms with Gasteiger partial charge in [-0.3, -0.25) is 0 Å². The van der Waals surface area contributed by atoms with Crippen molar-refractivity contribution in [3.63, 3.8) is 0 Å². The van der Waals surface area contributed by atoms with Crippen molar-refractivity contribution in [3.05, 3.63) is 22.4 Å². The maximum atomic E-state index is 9.55. The molecule has 0 amide bonds. The Balaban J connectivity index is 1.94. The molecule has 1 aromatic heterocycles. The number of thiophene rings is 1. The molecule has 16 heavy (non-hydrogen) atoms. The van der Waals surface area contributed by atoms with Crippen molar-refractivity contribution in [1.82, 2.24) is 5.32 Å². The molecule has 1 aromatic rings. The van der Waals surface area contributed by atoms with Crippen LogP contribution >= 0.6 is 11.3 Å². The number of aliphatic hydroxyl groups excluding tert-OH is 1. The van der Waals surface area contributed by atoms with Crippen LogP contribution in [0.4, 0.5) is 0 Å². The summed E-state index contributed by atoms with van der Waals surface area (Å²) in [7, 11) is 0. The number of hydrogen-bond acceptors (Lipinski definition) is 4. The molecule has 1 heterocycles. The van der Waals surface area contributed by atoms with Crippen LogP contribution < -0.4 is 5.32 Å². The molecule has 0 aliphatic rings. The monoisotopic (exact) mass is 243 g/mol. The van der Waals surface area contributed by atoms with E-state index in [2.05, 4.69) is 23.7 Å². The lowest BCUT2D eigenvalue weighted by Gasteiger charge is -2.11. The van der Waals surface area contributed by atoms with Crippen LogP contribution in [0.3, 0.4) is 0 Å². The minimum atomic E-state index is -0.394. The van der Waals surface area contributed by atoms with Gasteiger partial charge < -0.3 is 15.2 Å². The van der Waals surface area contributed by atoms with E-state index in [1.165, 1.54) is 4.88 Å². The van der Waals surface area contributed by atoms with Gasteiger partial charge in [0.05, 0.1) is 19.3 Å². The molecule has 1 rings (SSSR count). The number of nitrogens with one attached hydrogen (secondary N) is 1. The first-order chi connectivity index (χ1) is 7.83. The van der Waals surface area contributed by atoms with Crippen molar-refractivity contribution in [3.8, 4) is 0 Å². The lowest BCUT2D eigenvalue weighted by Crippen LogP contribution is -2.31. The summed E-state index contributed by atoms with van der Waals surface area (Å²) in [4.78, 5) is 1.33. The highest BCUT2D eigenvalue weighted by molar-refractivity contribution is 7.09. The number of hydrogen-bond donors (Lipinski definition) is 2. The zero-order chi connectivity index (χ0) is 11.6. The molecule has 1 unspecified atom stereocenters. The molecule has 0 aliphatic heterocycles. The maximum absolute atomic E-state index is 9.55. The Bertz CT molecular complexity index is 252. The summed E-state index contributed by atoms with van der Waals surface area (Å²) in [6.07, 6.45) is 1.63. The first kappa shape index (κ1) is 13.6. The van der Waals surface area contributed by atoms with Crippen molar-refractivity contribution in [2.75, 3.05) is 26.3 Å². The molecule has 1 atom stereocenters. The summed E-state index contributed by atoms with van der Waals surface area (Å²) in [5, 5.41) is 14.8. The summed E-state index contributed by atoms with van der Waals surface area (Å²) in [5.74, 6) is 0. The second-order valence-corrected chi connectivity index (χ2v) is 4.79. The van der Waals surface area contributed by atoms with Crippen molar-refractivity contribution >= 4 is 11.3 Å². The highest BCUT2D eigenvalue weighted by Gasteiger charge is 2.03. The standard InChI is InChI=1S/C12H21NO2S/c1-2-6-13-9-11(14)10-15-7-5-12-4-3-8-16-12/h3-4,8,11,13-14H,2,5-7,9-10H2,1H3. The minimum Gasteiger partial charge on any atom is -0.389 e. The second kappa shape index (κ2) is 8.70. The molecule has 92 valence electrons. The highest BCUT2D eigenvalue weighted by atomic mass is 32.1. The molecule has 0 aromatic carbocycles. The maximum Gasteiger partial charge on any atom is 0.0897 e. The molecule has 0 aliphatic carbocycles. The van der Waals surface area contributed by atoms with E-state index in [9.17, 15) is 5.11 Å². The number of aliphatic hydroxyl groups is 1. The van der Waals surface area contributed by atoms with Crippen LogP contribution in [0.5, 0.6) is 0 Å². The SMILES string of the molecule is CCCNCC(O)COCCc1cccs1. The van der Waals surface area contributed by atoms with Gasteiger partial charge in [0, 0.05) is 17.8 Å². The minimum absolute atomic E-state index is 0.394. The number of rotatable bonds is 9. The molecule has 0 spiro atoms. The predicted octanol–water partition coefficient (Wildman–Crippen LogP) is 1.67. The first-order valence-electron chi connectivity index (χ1n) is 5.81. The lowest BCUT2D eigenvalue weighted by atomic mass is 10.3. The van der Waals surface area contributed by atoms with Gasteiger partial charge >= 0.3 is 0 Å². The van der Waals surface area contributed by atoms with Gasteiger partial charge in [0.15, 0.2) is 0 Å². The van der Waals surface area contributed by atoms with Crippen LogP contribution in [-0.4, -0.2) is 37.5 Å². The van der Waals surface area contributed by atoms with E-state index >= 15 is 0 Å². The molecule has 2 N–H and O–H groups in total. The summed E-state index contributed by atoms with van der Waals surface area (Å²) in [6, 6.07) is 4.15. The van der Waals surface area contributed by atoms with Crippen LogP contribution in [0.15, 0.2) is 17.5 Å². The molecule has 0 radical (unpaired) electrons. The Labute approximate surface area is 101 Å². The fraction of sp³-hybridized carbons (Fsp3) is 0.667. The third-order valence-corrected chi connectivity index (χ3v) is 3.13. The Kier molecular flexibility index (Phi) is 7.42. The highest BCUT2D eigenvalue weighted by Crippen LogP contribution is 2.08. The lowest BCUT2D eigenvalue weighted by molar-refractivity contribution is 0.0386. The smallest absolute Gasteiger partial charge is 0.0897 e. The van der Waals surface area contributed by atoms with E-state index in [-0.39, 0.29) is 0 Å². The van der Waals surface area contributed by atoms with Gasteiger partial charge in [-0.2, -0.15) is 0 Å². The van der Waals surface area contributed by atoms with Gasteiger partial charge in [-0.1, -0.05) is 13.0 Å². The van der Waals surface area contributed by atoms with Gasteiger partial charge in [0.25, 0.3) is 0 Å². The third kappa shape index (κ3) is 6.23. The molecule has 0 bridgehead atoms. The van der Waals surface area contributed by atoms with Crippen LogP contribution in [0.25, 0.3) is 0 Å². The topological polar surface area (TPSA) is 41.5 Å². The fourth-order valence-electron chi connectivity index (χ4n) is 1.35. The van der Waals surface area contributed by atoms with E-state index in [1.54, 1.807) is 11.3 Å². The van der Waals surface area contributed by atoms with Crippen LogP contribution in [-0.2, 0) is 11.2 Å². The third-order valence-electron chi connectivity index (χ3n) is 2.19. The zero-order valence-corrected chi connectivity index (χ0v) is 10.6. The van der Waals surface area contributed by atoms with E-state index in [0.717, 1.165) is 19.4 Å². The van der Waals surface area contributed by atoms with Crippen LogP contribution in [0.1, 0.15) is 18.2 Å². The predicted molar refractivity (Wildman–Crippen MR) is 68.0 cm³/mol. The summed E-state index contributed by atoms with van der Waals surface area (Å²) < 4.78 is 5.42. The molecular formula is C12H21NO2S. The zero-order valence-electron chi connectivity index (χ0n) is 9.82. The molecule has 4 heteroatoms. The number of ether oxygens (including phenoxy) is 1. The van der Waals surface area contributed by atoms with Crippen molar-refractivity contribution < 1.29 is 9.84 Å². The molecular weight excluding hydrogens is 222 g/mol. The molecule has 0 fully saturated rings. The van der Waals surface area contributed by atoms with E-state index in [1.807, 2.05) is 6.07 Å². The van der Waals surface area contributed by atoms with E-state index in [0.29, 0.717) is 19.8 Å². The average Bonchev–Trinajstić information content (AvgIpc) is 2.78. The normalized spacial score (nSPS) is 12.9. The molecule has 3 nitrogen and oxygen atoms in total. The van der Waals surface area contributed by atoms with Crippen molar-refractivity contribution in [2.24, 2.45) is 0 Å². The molecule has 0 saturated heterocycles. The van der Waals surface area contributed by atoms with Gasteiger partial charge in [0.2, 0.25) is 0 Å². The summed E-state index contributed by atoms with van der Waals surface area (Å²) >= 11 is 1.74. The quantitative estimate of drug-likeness (QED) is 0.648. The fourth-order valence-corrected chi connectivity index (χ4v) is 2.04. The average molecular weight is 243 g/mol. The van der Waals surface area contributed by atoms with Crippen LogP contribution in [0, 0.1) is 0 Å². The summed E-state index contributed by atoms with van der Waals surface area (Å²) in [5.41, 5.74) is 0. The Hall–Kier alpha value is -0.420. The molecule has 0 saturated carbocycles. The van der Waals surface area contributed by atoms with E-state index in [4.69, 9.17) is 4.74 Å². The van der Waals surface area contributed by atoms with Crippen LogP contribution in [0.2, 0.25) is 0 Å². The van der Waals surface area contributed by atoms with Gasteiger partial charge in [-0.15, -0.1) is 11.3 Å². The largest absolute Gasteiger partial charge is 0.389 e. The summed E-state index contributed by atoms with van der Waals surface area (Å²) in [6.45, 7) is 4.78. The Morgan fingerprint density at radius 2 is 2.44 bits per heavy atom. The first-order valence-corrected chi connectivity index (χ1v) is 6.69. The second-order valence-electron chi connectivity index (χ2n) is 3.76. The van der Waals surface area contributed by atoms with Gasteiger partial charge in [0.1, 0.15) is 0 Å².